The molecule has 0 saturated carbocycles. The van der Waals surface area contributed by atoms with Crippen molar-refractivity contribution in [2.45, 2.75) is 5.60 Å². The molecule has 0 bridgehead atoms. The number of aromatic nitrogens is 1. The molecule has 95 valence electrons. The first-order chi connectivity index (χ1) is 8.53. The molecule has 5 nitrogen and oxygen atoms in total. The molecular weight excluding hydrogens is 281 g/mol. The first kappa shape index (κ1) is 14.8. The number of halogens is 1. The summed E-state index contributed by atoms with van der Waals surface area (Å²) in [5.41, 5.74) is -0.178. The number of aliphatic hydroxyl groups is 1. The zero-order valence-electron chi connectivity index (χ0n) is 10.3. The number of pyridine rings is 1. The fraction of sp³-hybridized carbons (Fsp3) is 0.250. The number of aromatic carboxylic acids is 1. The Morgan fingerprint density at radius 2 is 2.16 bits per heavy atom. The standard InChI is InChI=1S/C12H10ClNO4.Na/c13-8-2-1-3-14-9(12(17)5-18-6-12)4-7(10(8)14)11(15)16;/h1-4,17H,5-6H2,(H,15,16);. The summed E-state index contributed by atoms with van der Waals surface area (Å²) in [6, 6.07) is 4.77. The zero-order chi connectivity index (χ0) is 12.9. The van der Waals surface area contributed by atoms with Gasteiger partial charge in [0.1, 0.15) is 0 Å². The van der Waals surface area contributed by atoms with Crippen molar-refractivity contribution < 1.29 is 19.7 Å². The first-order valence-corrected chi connectivity index (χ1v) is 5.74. The fourth-order valence-corrected chi connectivity index (χ4v) is 2.45. The third kappa shape index (κ3) is 2.20. The van der Waals surface area contributed by atoms with Gasteiger partial charge in [-0.25, -0.2) is 4.79 Å². The summed E-state index contributed by atoms with van der Waals surface area (Å²) in [7, 11) is 0. The Bertz CT molecular complexity index is 650. The van der Waals surface area contributed by atoms with Gasteiger partial charge in [0.25, 0.3) is 0 Å². The summed E-state index contributed by atoms with van der Waals surface area (Å²) in [4.78, 5) is 11.2. The Morgan fingerprint density at radius 3 is 2.68 bits per heavy atom. The number of nitrogens with zero attached hydrogens (tertiary/aromatic N) is 1. The van der Waals surface area contributed by atoms with Gasteiger partial charge in [-0.05, 0) is 18.2 Å². The molecule has 0 spiro atoms. The Labute approximate surface area is 136 Å². The predicted molar refractivity (Wildman–Crippen MR) is 69.8 cm³/mol. The van der Waals surface area contributed by atoms with Crippen molar-refractivity contribution in [2.75, 3.05) is 13.2 Å². The number of fused-ring (bicyclic) bond motifs is 1. The van der Waals surface area contributed by atoms with Crippen molar-refractivity contribution in [3.05, 3.63) is 40.7 Å². The van der Waals surface area contributed by atoms with E-state index in [0.29, 0.717) is 16.2 Å². The van der Waals surface area contributed by atoms with Crippen LogP contribution >= 0.6 is 11.6 Å². The topological polar surface area (TPSA) is 71.2 Å². The minimum absolute atomic E-state index is 0. The van der Waals surface area contributed by atoms with E-state index in [4.69, 9.17) is 16.3 Å². The normalized spacial score (nSPS) is 16.7. The van der Waals surface area contributed by atoms with Crippen LogP contribution in [0.15, 0.2) is 24.4 Å². The van der Waals surface area contributed by atoms with E-state index in [0.717, 1.165) is 0 Å². The monoisotopic (exact) mass is 290 g/mol. The van der Waals surface area contributed by atoms with Crippen LogP contribution in [0.4, 0.5) is 0 Å². The van der Waals surface area contributed by atoms with Gasteiger partial charge in [0.05, 0.1) is 35.0 Å². The van der Waals surface area contributed by atoms with Gasteiger partial charge < -0.3 is 19.4 Å². The molecule has 0 aliphatic carbocycles. The minimum Gasteiger partial charge on any atom is -0.478 e. The van der Waals surface area contributed by atoms with Gasteiger partial charge in [-0.2, -0.15) is 0 Å². The number of rotatable bonds is 2. The van der Waals surface area contributed by atoms with E-state index in [-0.39, 0.29) is 48.3 Å². The molecule has 0 aromatic carbocycles. The fourth-order valence-electron chi connectivity index (χ4n) is 2.18. The second kappa shape index (κ2) is 5.09. The van der Waals surface area contributed by atoms with Crippen LogP contribution in [0.25, 0.3) is 5.52 Å². The van der Waals surface area contributed by atoms with Gasteiger partial charge in [-0.3, -0.25) is 0 Å². The Hall–Kier alpha value is -0.560. The molecule has 1 radical (unpaired) electrons. The van der Waals surface area contributed by atoms with E-state index < -0.39 is 11.6 Å². The van der Waals surface area contributed by atoms with Crippen molar-refractivity contribution in [1.29, 1.82) is 0 Å². The van der Waals surface area contributed by atoms with Crippen LogP contribution in [-0.2, 0) is 10.3 Å². The third-order valence-electron chi connectivity index (χ3n) is 3.13. The summed E-state index contributed by atoms with van der Waals surface area (Å²) in [5.74, 6) is -1.07. The van der Waals surface area contributed by atoms with Crippen molar-refractivity contribution in [2.24, 2.45) is 0 Å². The van der Waals surface area contributed by atoms with E-state index in [1.54, 1.807) is 22.7 Å². The van der Waals surface area contributed by atoms with Crippen LogP contribution in [0.1, 0.15) is 16.1 Å². The molecule has 3 heterocycles. The van der Waals surface area contributed by atoms with Crippen LogP contribution < -0.4 is 0 Å². The van der Waals surface area contributed by atoms with Crippen LogP contribution in [0, 0.1) is 0 Å². The van der Waals surface area contributed by atoms with Crippen LogP contribution in [0.5, 0.6) is 0 Å². The molecule has 2 aromatic rings. The van der Waals surface area contributed by atoms with Crippen molar-refractivity contribution in [1.82, 2.24) is 4.40 Å². The van der Waals surface area contributed by atoms with Crippen LogP contribution in [-0.4, -0.2) is 63.4 Å². The van der Waals surface area contributed by atoms with Gasteiger partial charge >= 0.3 is 5.97 Å². The maximum atomic E-state index is 11.2. The average Bonchev–Trinajstić information content (AvgIpc) is 2.67. The van der Waals surface area contributed by atoms with Crippen LogP contribution in [0.2, 0.25) is 5.02 Å². The summed E-state index contributed by atoms with van der Waals surface area (Å²) < 4.78 is 6.60. The number of hydrogen-bond donors (Lipinski definition) is 2. The first-order valence-electron chi connectivity index (χ1n) is 5.36. The van der Waals surface area contributed by atoms with Crippen molar-refractivity contribution >= 4 is 52.6 Å². The smallest absolute Gasteiger partial charge is 0.337 e. The number of ether oxygens (including phenoxy) is 1. The Morgan fingerprint density at radius 1 is 1.47 bits per heavy atom. The van der Waals surface area contributed by atoms with Crippen LogP contribution in [0.3, 0.4) is 0 Å². The van der Waals surface area contributed by atoms with E-state index >= 15 is 0 Å². The molecule has 1 fully saturated rings. The molecule has 19 heavy (non-hydrogen) atoms. The molecule has 0 unspecified atom stereocenters. The summed E-state index contributed by atoms with van der Waals surface area (Å²) in [6.45, 7) is 0.315. The molecule has 7 heteroatoms. The second-order valence-corrected chi connectivity index (χ2v) is 4.75. The molecule has 2 aromatic heterocycles. The molecule has 1 aliphatic heterocycles. The van der Waals surface area contributed by atoms with Crippen molar-refractivity contribution in [3.8, 4) is 0 Å². The zero-order valence-corrected chi connectivity index (χ0v) is 13.0. The molecule has 1 aliphatic rings. The molecule has 1 saturated heterocycles. The number of hydrogen-bond acceptors (Lipinski definition) is 3. The predicted octanol–water partition coefficient (Wildman–Crippen LogP) is 1.13. The molecule has 0 atom stereocenters. The Balaban J connectivity index is 0.00000133. The molecule has 2 N–H and O–H groups in total. The summed E-state index contributed by atoms with van der Waals surface area (Å²) >= 11 is 6.03. The third-order valence-corrected chi connectivity index (χ3v) is 3.43. The SMILES string of the molecule is O=C(O)c1cc(C2(O)COC2)n2cccc(Cl)c12.[Na]. The summed E-state index contributed by atoms with van der Waals surface area (Å²) in [5, 5.41) is 19.8. The number of carbonyl (C=O) groups is 1. The molecule has 0 amide bonds. The van der Waals surface area contributed by atoms with Gasteiger partial charge in [0.15, 0.2) is 5.60 Å². The van der Waals surface area contributed by atoms with Gasteiger partial charge in [0.2, 0.25) is 0 Å². The van der Waals surface area contributed by atoms with Gasteiger partial charge in [-0.15, -0.1) is 0 Å². The molecular formula is C12H10ClNNaO4. The Kier molecular flexibility index (Phi) is 3.97. The summed E-state index contributed by atoms with van der Waals surface area (Å²) in [6.07, 6.45) is 1.68. The van der Waals surface area contributed by atoms with Crippen molar-refractivity contribution in [3.63, 3.8) is 0 Å². The largest absolute Gasteiger partial charge is 0.478 e. The second-order valence-electron chi connectivity index (χ2n) is 4.35. The number of carboxylic acids is 1. The maximum Gasteiger partial charge on any atom is 0.337 e. The van der Waals surface area contributed by atoms with E-state index in [1.165, 1.54) is 6.07 Å². The van der Waals surface area contributed by atoms with E-state index in [1.807, 2.05) is 0 Å². The average molecular weight is 291 g/mol. The maximum absolute atomic E-state index is 11.2. The number of carboxylic acid groups (broad SMARTS) is 1. The minimum atomic E-state index is -1.14. The quantitative estimate of drug-likeness (QED) is 0.813. The van der Waals surface area contributed by atoms with Gasteiger partial charge in [-0.1, -0.05) is 11.6 Å². The van der Waals surface area contributed by atoms with E-state index in [2.05, 4.69) is 0 Å². The van der Waals surface area contributed by atoms with Gasteiger partial charge in [0, 0.05) is 35.8 Å². The van der Waals surface area contributed by atoms with E-state index in [9.17, 15) is 15.0 Å². The molecule has 3 rings (SSSR count).